The van der Waals surface area contributed by atoms with Gasteiger partial charge in [0.15, 0.2) is 0 Å². The Balaban J connectivity index is 2.30. The molecule has 0 saturated carbocycles. The van der Waals surface area contributed by atoms with Gasteiger partial charge in [0.1, 0.15) is 0 Å². The number of para-hydroxylation sites is 1. The van der Waals surface area contributed by atoms with Gasteiger partial charge in [-0.05, 0) is 12.1 Å². The van der Waals surface area contributed by atoms with Crippen molar-refractivity contribution in [3.05, 3.63) is 29.8 Å². The van der Waals surface area contributed by atoms with E-state index in [0.29, 0.717) is 12.2 Å². The number of hydrogen-bond acceptors (Lipinski definition) is 5. The molecule has 2 rings (SSSR count). The van der Waals surface area contributed by atoms with E-state index in [4.69, 9.17) is 9.47 Å². The molecule has 5 nitrogen and oxygen atoms in total. The molecule has 1 aromatic carbocycles. The summed E-state index contributed by atoms with van der Waals surface area (Å²) in [5.41, 5.74) is 1.52. The van der Waals surface area contributed by atoms with Crippen LogP contribution in [0.1, 0.15) is 10.4 Å². The first-order valence-corrected chi connectivity index (χ1v) is 6.41. The third kappa shape index (κ3) is 3.05. The summed E-state index contributed by atoms with van der Waals surface area (Å²) >= 11 is 0. The highest BCUT2D eigenvalue weighted by Gasteiger charge is 2.25. The maximum atomic E-state index is 11.8. The zero-order valence-corrected chi connectivity index (χ0v) is 11.4. The molecule has 104 valence electrons. The summed E-state index contributed by atoms with van der Waals surface area (Å²) in [6.07, 6.45) is 0. The number of rotatable bonds is 4. The molecule has 5 heteroatoms. The molecule has 1 aliphatic heterocycles. The van der Waals surface area contributed by atoms with E-state index in [1.54, 1.807) is 13.2 Å². The minimum atomic E-state index is -0.301. The van der Waals surface area contributed by atoms with E-state index in [1.807, 2.05) is 18.2 Å². The first-order chi connectivity index (χ1) is 9.27. The zero-order chi connectivity index (χ0) is 13.7. The van der Waals surface area contributed by atoms with Gasteiger partial charge in [-0.1, -0.05) is 12.1 Å². The second kappa shape index (κ2) is 6.54. The van der Waals surface area contributed by atoms with E-state index >= 15 is 0 Å². The number of nitrogens with one attached hydrogen (secondary N) is 1. The van der Waals surface area contributed by atoms with Crippen LogP contribution in [0.2, 0.25) is 0 Å². The third-order valence-electron chi connectivity index (χ3n) is 3.33. The Bertz CT molecular complexity index is 434. The fraction of sp³-hybridized carbons (Fsp3) is 0.500. The smallest absolute Gasteiger partial charge is 0.339 e. The first-order valence-electron chi connectivity index (χ1n) is 6.41. The van der Waals surface area contributed by atoms with E-state index in [1.165, 1.54) is 7.11 Å². The Hall–Kier alpha value is -1.59. The lowest BCUT2D eigenvalue weighted by molar-refractivity contribution is 0.0601. The second-order valence-electron chi connectivity index (χ2n) is 4.52. The van der Waals surface area contributed by atoms with Crippen LogP contribution < -0.4 is 10.2 Å². The molecule has 0 amide bonds. The normalized spacial score (nSPS) is 19.3. The van der Waals surface area contributed by atoms with Crippen molar-refractivity contribution in [1.82, 2.24) is 5.32 Å². The maximum absolute atomic E-state index is 11.8. The summed E-state index contributed by atoms with van der Waals surface area (Å²) in [6.45, 7) is 3.23. The highest BCUT2D eigenvalue weighted by atomic mass is 16.5. The summed E-state index contributed by atoms with van der Waals surface area (Å²) < 4.78 is 10.1. The number of piperazine rings is 1. The van der Waals surface area contributed by atoms with Gasteiger partial charge in [0.2, 0.25) is 0 Å². The van der Waals surface area contributed by atoms with Gasteiger partial charge in [0, 0.05) is 26.7 Å². The average molecular weight is 264 g/mol. The molecule has 0 aromatic heterocycles. The largest absolute Gasteiger partial charge is 0.465 e. The number of methoxy groups -OCH3 is 2. The van der Waals surface area contributed by atoms with Crippen molar-refractivity contribution in [3.63, 3.8) is 0 Å². The van der Waals surface area contributed by atoms with E-state index in [0.717, 1.165) is 25.3 Å². The molecule has 0 radical (unpaired) electrons. The Morgan fingerprint density at radius 1 is 1.42 bits per heavy atom. The topological polar surface area (TPSA) is 50.8 Å². The standard InChI is InChI=1S/C14H20N2O3/c1-18-10-11-9-15-7-8-16(11)13-6-4-3-5-12(13)14(17)19-2/h3-6,11,15H,7-10H2,1-2H3. The molecular formula is C14H20N2O3. The lowest BCUT2D eigenvalue weighted by Gasteiger charge is -2.38. The summed E-state index contributed by atoms with van der Waals surface area (Å²) in [5.74, 6) is -0.301. The Labute approximate surface area is 113 Å². The van der Waals surface area contributed by atoms with Crippen LogP contribution in [0.15, 0.2) is 24.3 Å². The number of benzene rings is 1. The molecule has 0 bridgehead atoms. The van der Waals surface area contributed by atoms with Crippen LogP contribution in [-0.2, 0) is 9.47 Å². The van der Waals surface area contributed by atoms with Gasteiger partial charge in [-0.2, -0.15) is 0 Å². The van der Waals surface area contributed by atoms with E-state index in [9.17, 15) is 4.79 Å². The number of anilines is 1. The number of carbonyl (C=O) groups is 1. The van der Waals surface area contributed by atoms with Gasteiger partial charge in [-0.15, -0.1) is 0 Å². The fourth-order valence-corrected chi connectivity index (χ4v) is 2.43. The van der Waals surface area contributed by atoms with Gasteiger partial charge in [0.25, 0.3) is 0 Å². The summed E-state index contributed by atoms with van der Waals surface area (Å²) in [4.78, 5) is 14.1. The molecule has 19 heavy (non-hydrogen) atoms. The van der Waals surface area contributed by atoms with Crippen molar-refractivity contribution in [2.75, 3.05) is 45.4 Å². The van der Waals surface area contributed by atoms with E-state index < -0.39 is 0 Å². The van der Waals surface area contributed by atoms with Crippen molar-refractivity contribution in [2.45, 2.75) is 6.04 Å². The minimum absolute atomic E-state index is 0.226. The first kappa shape index (κ1) is 13.8. The third-order valence-corrected chi connectivity index (χ3v) is 3.33. The van der Waals surface area contributed by atoms with Crippen molar-refractivity contribution in [1.29, 1.82) is 0 Å². The number of ether oxygens (including phenoxy) is 2. The average Bonchev–Trinajstić information content (AvgIpc) is 2.47. The molecule has 1 unspecified atom stereocenters. The molecule has 1 heterocycles. The molecule has 1 aliphatic rings. The van der Waals surface area contributed by atoms with Crippen LogP contribution in [0.25, 0.3) is 0 Å². The Morgan fingerprint density at radius 3 is 2.95 bits per heavy atom. The molecule has 0 spiro atoms. The lowest BCUT2D eigenvalue weighted by Crippen LogP contribution is -2.53. The van der Waals surface area contributed by atoms with Crippen LogP contribution in [0.5, 0.6) is 0 Å². The van der Waals surface area contributed by atoms with Crippen LogP contribution >= 0.6 is 0 Å². The van der Waals surface area contributed by atoms with Crippen LogP contribution in [0.3, 0.4) is 0 Å². The molecule has 1 fully saturated rings. The van der Waals surface area contributed by atoms with Crippen molar-refractivity contribution in [3.8, 4) is 0 Å². The monoisotopic (exact) mass is 264 g/mol. The number of hydrogen-bond donors (Lipinski definition) is 1. The highest BCUT2D eigenvalue weighted by molar-refractivity contribution is 5.95. The van der Waals surface area contributed by atoms with Crippen molar-refractivity contribution < 1.29 is 14.3 Å². The van der Waals surface area contributed by atoms with Crippen LogP contribution in [0, 0.1) is 0 Å². The minimum Gasteiger partial charge on any atom is -0.465 e. The molecule has 1 atom stereocenters. The number of esters is 1. The van der Waals surface area contributed by atoms with Gasteiger partial charge < -0.3 is 19.7 Å². The van der Waals surface area contributed by atoms with Crippen molar-refractivity contribution in [2.24, 2.45) is 0 Å². The van der Waals surface area contributed by atoms with Crippen molar-refractivity contribution >= 4 is 11.7 Å². The van der Waals surface area contributed by atoms with Crippen LogP contribution in [-0.4, -0.2) is 52.5 Å². The molecule has 1 N–H and O–H groups in total. The van der Waals surface area contributed by atoms with Gasteiger partial charge in [-0.3, -0.25) is 0 Å². The number of carbonyl (C=O) groups excluding carboxylic acids is 1. The van der Waals surface area contributed by atoms with Gasteiger partial charge in [0.05, 0.1) is 31.0 Å². The number of nitrogens with zero attached hydrogens (tertiary/aromatic N) is 1. The highest BCUT2D eigenvalue weighted by Crippen LogP contribution is 2.24. The molecule has 0 aliphatic carbocycles. The maximum Gasteiger partial charge on any atom is 0.339 e. The van der Waals surface area contributed by atoms with E-state index in [2.05, 4.69) is 10.2 Å². The summed E-state index contributed by atoms with van der Waals surface area (Å²) in [7, 11) is 3.10. The lowest BCUT2D eigenvalue weighted by atomic mass is 10.1. The zero-order valence-electron chi connectivity index (χ0n) is 11.4. The fourth-order valence-electron chi connectivity index (χ4n) is 2.43. The predicted octanol–water partition coefficient (Wildman–Crippen LogP) is 0.898. The van der Waals surface area contributed by atoms with Gasteiger partial charge >= 0.3 is 5.97 Å². The Morgan fingerprint density at radius 2 is 2.21 bits per heavy atom. The van der Waals surface area contributed by atoms with E-state index in [-0.39, 0.29) is 12.0 Å². The molecular weight excluding hydrogens is 244 g/mol. The molecule has 1 saturated heterocycles. The van der Waals surface area contributed by atoms with Gasteiger partial charge in [-0.25, -0.2) is 4.79 Å². The molecule has 1 aromatic rings. The predicted molar refractivity (Wildman–Crippen MR) is 73.7 cm³/mol. The summed E-state index contributed by atoms with van der Waals surface area (Å²) in [5, 5.41) is 3.34. The van der Waals surface area contributed by atoms with Crippen LogP contribution in [0.4, 0.5) is 5.69 Å². The quantitative estimate of drug-likeness (QED) is 0.819. The summed E-state index contributed by atoms with van der Waals surface area (Å²) in [6, 6.07) is 7.77. The Kier molecular flexibility index (Phi) is 4.76. The SMILES string of the molecule is COCC1CNCCN1c1ccccc1C(=O)OC. The second-order valence-corrected chi connectivity index (χ2v) is 4.52.